The fourth-order valence-electron chi connectivity index (χ4n) is 1.97. The summed E-state index contributed by atoms with van der Waals surface area (Å²) in [5, 5.41) is 7.63. The lowest BCUT2D eigenvalue weighted by Crippen LogP contribution is -2.31. The topological polar surface area (TPSA) is 45.6 Å². The van der Waals surface area contributed by atoms with Crippen LogP contribution in [0.3, 0.4) is 0 Å². The number of hydrogen-bond acceptors (Lipinski definition) is 3. The molecular formula is C17H27N3OS. The van der Waals surface area contributed by atoms with Crippen LogP contribution in [0.25, 0.3) is 0 Å². The van der Waals surface area contributed by atoms with E-state index in [2.05, 4.69) is 22.8 Å². The van der Waals surface area contributed by atoms with Crippen LogP contribution in [0.15, 0.2) is 29.4 Å². The molecule has 0 saturated heterocycles. The molecule has 0 aromatic heterocycles. The Labute approximate surface area is 139 Å². The lowest BCUT2D eigenvalue weighted by molar-refractivity contribution is 0.304. The van der Waals surface area contributed by atoms with Crippen molar-refractivity contribution in [2.75, 3.05) is 13.2 Å². The fraction of sp³-hybridized carbons (Fsp3) is 0.529. The summed E-state index contributed by atoms with van der Waals surface area (Å²) in [5.41, 5.74) is 3.73. The van der Waals surface area contributed by atoms with Crippen LogP contribution in [-0.2, 0) is 0 Å². The lowest BCUT2D eigenvalue weighted by atomic mass is 10.2. The first-order valence-corrected chi connectivity index (χ1v) is 8.47. The van der Waals surface area contributed by atoms with Gasteiger partial charge in [0.05, 0.1) is 12.8 Å². The van der Waals surface area contributed by atoms with Gasteiger partial charge in [0.15, 0.2) is 5.11 Å². The largest absolute Gasteiger partial charge is 0.493 e. The van der Waals surface area contributed by atoms with Crippen molar-refractivity contribution in [3.63, 3.8) is 0 Å². The molecule has 0 bridgehead atoms. The van der Waals surface area contributed by atoms with Crippen LogP contribution in [0.5, 0.6) is 5.75 Å². The molecule has 0 unspecified atom stereocenters. The number of para-hydroxylation sites is 1. The van der Waals surface area contributed by atoms with Crippen molar-refractivity contribution in [2.24, 2.45) is 5.10 Å². The van der Waals surface area contributed by atoms with E-state index in [4.69, 9.17) is 17.0 Å². The van der Waals surface area contributed by atoms with Crippen molar-refractivity contribution in [3.05, 3.63) is 29.8 Å². The maximum atomic E-state index is 5.85. The summed E-state index contributed by atoms with van der Waals surface area (Å²) in [5.74, 6) is 0.859. The van der Waals surface area contributed by atoms with Crippen molar-refractivity contribution >= 4 is 23.5 Å². The van der Waals surface area contributed by atoms with Gasteiger partial charge in [-0.3, -0.25) is 5.43 Å². The zero-order valence-electron chi connectivity index (χ0n) is 13.6. The van der Waals surface area contributed by atoms with Crippen LogP contribution in [0.2, 0.25) is 0 Å². The molecule has 0 spiro atoms. The first-order valence-electron chi connectivity index (χ1n) is 8.06. The van der Waals surface area contributed by atoms with E-state index in [1.165, 1.54) is 25.7 Å². The second kappa shape index (κ2) is 12.0. The Balaban J connectivity index is 2.41. The molecule has 0 heterocycles. The molecule has 4 nitrogen and oxygen atoms in total. The van der Waals surface area contributed by atoms with E-state index in [0.717, 1.165) is 30.9 Å². The lowest BCUT2D eigenvalue weighted by Gasteiger charge is -2.09. The summed E-state index contributed by atoms with van der Waals surface area (Å²) in [6.45, 7) is 5.74. The van der Waals surface area contributed by atoms with E-state index in [1.807, 2.05) is 31.2 Å². The highest BCUT2D eigenvalue weighted by atomic mass is 32.1. The first kappa shape index (κ1) is 18.4. The molecule has 0 amide bonds. The van der Waals surface area contributed by atoms with Gasteiger partial charge in [-0.25, -0.2) is 0 Å². The van der Waals surface area contributed by atoms with E-state index in [9.17, 15) is 0 Å². The molecule has 1 aromatic rings. The van der Waals surface area contributed by atoms with Crippen molar-refractivity contribution in [1.82, 2.24) is 10.7 Å². The first-order chi connectivity index (χ1) is 10.8. The third-order valence-electron chi connectivity index (χ3n) is 3.13. The third kappa shape index (κ3) is 7.98. The average molecular weight is 321 g/mol. The van der Waals surface area contributed by atoms with Crippen LogP contribution >= 0.6 is 12.2 Å². The highest BCUT2D eigenvalue weighted by molar-refractivity contribution is 7.80. The van der Waals surface area contributed by atoms with E-state index in [-0.39, 0.29) is 0 Å². The van der Waals surface area contributed by atoms with E-state index in [1.54, 1.807) is 6.21 Å². The Bertz CT molecular complexity index is 463. The van der Waals surface area contributed by atoms with Crippen molar-refractivity contribution in [2.45, 2.75) is 46.0 Å². The van der Waals surface area contributed by atoms with Crippen molar-refractivity contribution < 1.29 is 4.74 Å². The number of hydrazone groups is 1. The zero-order valence-corrected chi connectivity index (χ0v) is 14.4. The van der Waals surface area contributed by atoms with Gasteiger partial charge in [0.1, 0.15) is 5.75 Å². The quantitative estimate of drug-likeness (QED) is 0.297. The summed E-state index contributed by atoms with van der Waals surface area (Å²) in [6, 6.07) is 7.89. The third-order valence-corrected chi connectivity index (χ3v) is 3.37. The Kier molecular flexibility index (Phi) is 10.0. The summed E-state index contributed by atoms with van der Waals surface area (Å²) in [7, 11) is 0. The molecule has 0 aliphatic heterocycles. The van der Waals surface area contributed by atoms with Gasteiger partial charge in [0.25, 0.3) is 0 Å². The van der Waals surface area contributed by atoms with Gasteiger partial charge in [-0.2, -0.15) is 5.10 Å². The molecule has 0 radical (unpaired) electrons. The van der Waals surface area contributed by atoms with Crippen molar-refractivity contribution in [3.8, 4) is 5.75 Å². The number of ether oxygens (including phenoxy) is 1. The normalized spacial score (nSPS) is 10.6. The number of nitrogens with zero attached hydrogens (tertiary/aromatic N) is 1. The molecule has 0 aliphatic carbocycles. The zero-order chi connectivity index (χ0) is 16.0. The standard InChI is InChI=1S/C17H27N3OS/c1-3-5-6-7-10-13-21-16-12-9-8-11-15(16)14-19-20-17(22)18-4-2/h8-9,11-12,14H,3-7,10,13H2,1-2H3,(H2,18,20,22)/b19-14+. The van der Waals surface area contributed by atoms with Crippen LogP contribution in [-0.4, -0.2) is 24.5 Å². The molecule has 122 valence electrons. The van der Waals surface area contributed by atoms with Crippen LogP contribution in [0.1, 0.15) is 51.5 Å². The van der Waals surface area contributed by atoms with E-state index >= 15 is 0 Å². The summed E-state index contributed by atoms with van der Waals surface area (Å²) < 4.78 is 5.85. The predicted molar refractivity (Wildman–Crippen MR) is 97.7 cm³/mol. The Hall–Kier alpha value is -1.62. The maximum Gasteiger partial charge on any atom is 0.186 e. The van der Waals surface area contributed by atoms with Crippen molar-refractivity contribution in [1.29, 1.82) is 0 Å². The molecule has 0 aliphatic rings. The summed E-state index contributed by atoms with van der Waals surface area (Å²) >= 11 is 5.05. The molecule has 22 heavy (non-hydrogen) atoms. The molecule has 2 N–H and O–H groups in total. The van der Waals surface area contributed by atoms with E-state index in [0.29, 0.717) is 5.11 Å². The van der Waals surface area contributed by atoms with Gasteiger partial charge in [-0.15, -0.1) is 0 Å². The highest BCUT2D eigenvalue weighted by Crippen LogP contribution is 2.16. The molecular weight excluding hydrogens is 294 g/mol. The number of hydrogen-bond donors (Lipinski definition) is 2. The minimum Gasteiger partial charge on any atom is -0.493 e. The smallest absolute Gasteiger partial charge is 0.186 e. The molecule has 0 saturated carbocycles. The van der Waals surface area contributed by atoms with Gasteiger partial charge in [0.2, 0.25) is 0 Å². The number of benzene rings is 1. The predicted octanol–water partition coefficient (Wildman–Crippen LogP) is 3.85. The number of rotatable bonds is 10. The Morgan fingerprint density at radius 1 is 1.18 bits per heavy atom. The molecule has 5 heteroatoms. The van der Waals surface area contributed by atoms with Gasteiger partial charge < -0.3 is 10.1 Å². The Morgan fingerprint density at radius 2 is 1.95 bits per heavy atom. The van der Waals surface area contributed by atoms with Gasteiger partial charge in [-0.1, -0.05) is 44.7 Å². The SMILES string of the molecule is CCCCCCCOc1ccccc1/C=N/NC(=S)NCC. The second-order valence-corrected chi connectivity index (χ2v) is 5.44. The van der Waals surface area contributed by atoms with E-state index < -0.39 is 0 Å². The van der Waals surface area contributed by atoms with Crippen LogP contribution < -0.4 is 15.5 Å². The molecule has 1 rings (SSSR count). The summed E-state index contributed by atoms with van der Waals surface area (Å²) in [4.78, 5) is 0. The molecule has 0 atom stereocenters. The molecule has 1 aromatic carbocycles. The molecule has 0 fully saturated rings. The maximum absolute atomic E-state index is 5.85. The summed E-state index contributed by atoms with van der Waals surface area (Å²) in [6.07, 6.45) is 7.91. The van der Waals surface area contributed by atoms with Gasteiger partial charge in [-0.05, 0) is 37.7 Å². The van der Waals surface area contributed by atoms with Crippen LogP contribution in [0, 0.1) is 0 Å². The average Bonchev–Trinajstić information content (AvgIpc) is 2.52. The van der Waals surface area contributed by atoms with Gasteiger partial charge >= 0.3 is 0 Å². The second-order valence-electron chi connectivity index (χ2n) is 5.03. The number of nitrogens with one attached hydrogen (secondary N) is 2. The fourth-order valence-corrected chi connectivity index (χ4v) is 2.16. The van der Waals surface area contributed by atoms with Gasteiger partial charge in [0, 0.05) is 12.1 Å². The monoisotopic (exact) mass is 321 g/mol. The van der Waals surface area contributed by atoms with Crippen LogP contribution in [0.4, 0.5) is 0 Å². The Morgan fingerprint density at radius 3 is 2.73 bits per heavy atom. The number of unbranched alkanes of at least 4 members (excludes halogenated alkanes) is 4. The minimum absolute atomic E-state index is 0.521. The minimum atomic E-state index is 0.521. The highest BCUT2D eigenvalue weighted by Gasteiger charge is 2.00. The number of thiocarbonyl (C=S) groups is 1.